The minimum absolute atomic E-state index is 0.0255. The standard InChI is InChI=1S/C13H22N4O/c1-16(2)13(18)12-9-10(4-6-14-12)8-11-5-7-17(3)15-11/h5,7,10,12,14H,4,6,8-9H2,1-3H3. The van der Waals surface area contributed by atoms with Gasteiger partial charge in [-0.25, -0.2) is 0 Å². The molecule has 0 radical (unpaired) electrons. The first kappa shape index (κ1) is 13.1. The van der Waals surface area contributed by atoms with Gasteiger partial charge < -0.3 is 10.2 Å². The van der Waals surface area contributed by atoms with Crippen LogP contribution in [0.3, 0.4) is 0 Å². The number of carbonyl (C=O) groups is 1. The average molecular weight is 250 g/mol. The van der Waals surface area contributed by atoms with Crippen LogP contribution in [-0.2, 0) is 18.3 Å². The molecule has 0 aromatic carbocycles. The summed E-state index contributed by atoms with van der Waals surface area (Å²) in [6, 6.07) is 2.03. The van der Waals surface area contributed by atoms with Gasteiger partial charge in [-0.05, 0) is 37.8 Å². The second-order valence-corrected chi connectivity index (χ2v) is 5.31. The molecule has 1 aromatic heterocycles. The molecular weight excluding hydrogens is 228 g/mol. The third-order valence-corrected chi connectivity index (χ3v) is 3.52. The average Bonchev–Trinajstić information content (AvgIpc) is 2.74. The van der Waals surface area contributed by atoms with Crippen molar-refractivity contribution < 1.29 is 4.79 Å². The lowest BCUT2D eigenvalue weighted by Crippen LogP contribution is -2.48. The molecule has 2 heterocycles. The van der Waals surface area contributed by atoms with Gasteiger partial charge >= 0.3 is 0 Å². The molecule has 0 saturated carbocycles. The topological polar surface area (TPSA) is 50.2 Å². The predicted octanol–water partition coefficient (Wildman–Crippen LogP) is 0.419. The number of hydrogen-bond acceptors (Lipinski definition) is 3. The highest BCUT2D eigenvalue weighted by Gasteiger charge is 2.28. The van der Waals surface area contributed by atoms with Gasteiger partial charge in [0.05, 0.1) is 11.7 Å². The fraction of sp³-hybridized carbons (Fsp3) is 0.692. The Bertz CT molecular complexity index is 413. The molecule has 1 amide bonds. The Balaban J connectivity index is 1.92. The Hall–Kier alpha value is -1.36. The minimum Gasteiger partial charge on any atom is -0.347 e. The summed E-state index contributed by atoms with van der Waals surface area (Å²) >= 11 is 0. The maximum atomic E-state index is 11.9. The number of aromatic nitrogens is 2. The third kappa shape index (κ3) is 3.10. The molecule has 18 heavy (non-hydrogen) atoms. The lowest BCUT2D eigenvalue weighted by atomic mass is 9.88. The lowest BCUT2D eigenvalue weighted by Gasteiger charge is -2.30. The van der Waals surface area contributed by atoms with E-state index in [1.165, 1.54) is 0 Å². The molecule has 1 aliphatic heterocycles. The fourth-order valence-electron chi connectivity index (χ4n) is 2.55. The Labute approximate surface area is 108 Å². The van der Waals surface area contributed by atoms with Crippen molar-refractivity contribution in [1.82, 2.24) is 20.0 Å². The van der Waals surface area contributed by atoms with Crippen LogP contribution in [0.15, 0.2) is 12.3 Å². The second kappa shape index (κ2) is 5.52. The van der Waals surface area contributed by atoms with Crippen molar-refractivity contribution in [3.63, 3.8) is 0 Å². The van der Waals surface area contributed by atoms with Gasteiger partial charge in [-0.3, -0.25) is 9.48 Å². The summed E-state index contributed by atoms with van der Waals surface area (Å²) < 4.78 is 1.83. The first-order chi connectivity index (χ1) is 8.56. The van der Waals surface area contributed by atoms with Crippen molar-refractivity contribution in [2.75, 3.05) is 20.6 Å². The van der Waals surface area contributed by atoms with Gasteiger partial charge in [-0.2, -0.15) is 5.10 Å². The minimum atomic E-state index is -0.0255. The van der Waals surface area contributed by atoms with Crippen molar-refractivity contribution in [1.29, 1.82) is 0 Å². The summed E-state index contributed by atoms with van der Waals surface area (Å²) in [6.07, 6.45) is 4.97. The van der Waals surface area contributed by atoms with Crippen LogP contribution in [0.25, 0.3) is 0 Å². The van der Waals surface area contributed by atoms with Gasteiger partial charge in [-0.15, -0.1) is 0 Å². The molecular formula is C13H22N4O. The number of aryl methyl sites for hydroxylation is 1. The molecule has 5 nitrogen and oxygen atoms in total. The van der Waals surface area contributed by atoms with E-state index >= 15 is 0 Å². The molecule has 5 heteroatoms. The summed E-state index contributed by atoms with van der Waals surface area (Å²) in [6.45, 7) is 0.918. The van der Waals surface area contributed by atoms with Crippen molar-refractivity contribution >= 4 is 5.91 Å². The van der Waals surface area contributed by atoms with Crippen LogP contribution in [0.2, 0.25) is 0 Å². The number of piperidine rings is 1. The maximum Gasteiger partial charge on any atom is 0.239 e. The number of nitrogens with one attached hydrogen (secondary N) is 1. The highest BCUT2D eigenvalue weighted by molar-refractivity contribution is 5.81. The van der Waals surface area contributed by atoms with Crippen LogP contribution in [0.4, 0.5) is 0 Å². The van der Waals surface area contributed by atoms with Crippen molar-refractivity contribution in [3.05, 3.63) is 18.0 Å². The SMILES string of the molecule is CN(C)C(=O)C1CC(Cc2ccn(C)n2)CCN1. The lowest BCUT2D eigenvalue weighted by molar-refractivity contribution is -0.131. The first-order valence-electron chi connectivity index (χ1n) is 6.49. The van der Waals surface area contributed by atoms with E-state index in [9.17, 15) is 4.79 Å². The smallest absolute Gasteiger partial charge is 0.239 e. The van der Waals surface area contributed by atoms with Gasteiger partial charge in [0.2, 0.25) is 5.91 Å². The number of hydrogen-bond donors (Lipinski definition) is 1. The van der Waals surface area contributed by atoms with E-state index in [-0.39, 0.29) is 11.9 Å². The summed E-state index contributed by atoms with van der Waals surface area (Å²) in [7, 11) is 5.56. The molecule has 1 fully saturated rings. The number of nitrogens with zero attached hydrogens (tertiary/aromatic N) is 3. The van der Waals surface area contributed by atoms with E-state index in [0.717, 1.165) is 31.5 Å². The maximum absolute atomic E-state index is 11.9. The molecule has 2 rings (SSSR count). The first-order valence-corrected chi connectivity index (χ1v) is 6.49. The molecule has 2 unspecified atom stereocenters. The monoisotopic (exact) mass is 250 g/mol. The highest BCUT2D eigenvalue weighted by atomic mass is 16.2. The van der Waals surface area contributed by atoms with Crippen LogP contribution in [-0.4, -0.2) is 47.3 Å². The largest absolute Gasteiger partial charge is 0.347 e. The van der Waals surface area contributed by atoms with Crippen molar-refractivity contribution in [3.8, 4) is 0 Å². The molecule has 0 aliphatic carbocycles. The molecule has 1 saturated heterocycles. The van der Waals surface area contributed by atoms with Gasteiger partial charge in [0.15, 0.2) is 0 Å². The molecule has 1 aliphatic rings. The van der Waals surface area contributed by atoms with E-state index < -0.39 is 0 Å². The van der Waals surface area contributed by atoms with Crippen molar-refractivity contribution in [2.45, 2.75) is 25.3 Å². The van der Waals surface area contributed by atoms with Gasteiger partial charge in [0.1, 0.15) is 0 Å². The molecule has 1 N–H and O–H groups in total. The Morgan fingerprint density at radius 1 is 1.61 bits per heavy atom. The van der Waals surface area contributed by atoms with Gasteiger partial charge in [0.25, 0.3) is 0 Å². The van der Waals surface area contributed by atoms with Crippen LogP contribution in [0.1, 0.15) is 18.5 Å². The van der Waals surface area contributed by atoms with Gasteiger partial charge in [0, 0.05) is 27.3 Å². The normalized spacial score (nSPS) is 23.9. The summed E-state index contributed by atoms with van der Waals surface area (Å²) in [5, 5.41) is 7.72. The Kier molecular flexibility index (Phi) is 4.01. The van der Waals surface area contributed by atoms with E-state index in [4.69, 9.17) is 0 Å². The summed E-state index contributed by atoms with van der Waals surface area (Å²) in [5.41, 5.74) is 1.13. The van der Waals surface area contributed by atoms with Crippen molar-refractivity contribution in [2.24, 2.45) is 13.0 Å². The quantitative estimate of drug-likeness (QED) is 0.846. The van der Waals surface area contributed by atoms with Crippen LogP contribution in [0, 0.1) is 5.92 Å². The Morgan fingerprint density at radius 3 is 3.00 bits per heavy atom. The van der Waals surface area contributed by atoms with Crippen LogP contribution >= 0.6 is 0 Å². The molecule has 100 valence electrons. The summed E-state index contributed by atoms with van der Waals surface area (Å²) in [5.74, 6) is 0.732. The van der Waals surface area contributed by atoms with E-state index in [1.54, 1.807) is 4.90 Å². The fourth-order valence-corrected chi connectivity index (χ4v) is 2.55. The highest BCUT2D eigenvalue weighted by Crippen LogP contribution is 2.21. The van der Waals surface area contributed by atoms with E-state index in [2.05, 4.69) is 16.5 Å². The zero-order chi connectivity index (χ0) is 13.1. The zero-order valence-electron chi connectivity index (χ0n) is 11.4. The van der Waals surface area contributed by atoms with E-state index in [0.29, 0.717) is 5.92 Å². The number of rotatable bonds is 3. The van der Waals surface area contributed by atoms with Crippen LogP contribution in [0.5, 0.6) is 0 Å². The molecule has 0 spiro atoms. The molecule has 1 aromatic rings. The predicted molar refractivity (Wildman–Crippen MR) is 70.1 cm³/mol. The van der Waals surface area contributed by atoms with Crippen LogP contribution < -0.4 is 5.32 Å². The van der Waals surface area contributed by atoms with Gasteiger partial charge in [-0.1, -0.05) is 0 Å². The zero-order valence-corrected chi connectivity index (χ0v) is 11.4. The number of carbonyl (C=O) groups excluding carboxylic acids is 1. The number of amides is 1. The van der Waals surface area contributed by atoms with E-state index in [1.807, 2.05) is 32.0 Å². The summed E-state index contributed by atoms with van der Waals surface area (Å²) in [4.78, 5) is 13.6. The molecule has 0 bridgehead atoms. The molecule has 2 atom stereocenters. The Morgan fingerprint density at radius 2 is 2.39 bits per heavy atom. The third-order valence-electron chi connectivity index (χ3n) is 3.52. The second-order valence-electron chi connectivity index (χ2n) is 5.31. The number of likely N-dealkylation sites (N-methyl/N-ethyl adjacent to an activating group) is 1.